The van der Waals surface area contributed by atoms with Gasteiger partial charge in [-0.3, -0.25) is 4.68 Å². The Hall–Kier alpha value is -2.29. The highest BCUT2D eigenvalue weighted by Gasteiger charge is 2.36. The van der Waals surface area contributed by atoms with Gasteiger partial charge in [0.05, 0.1) is 37.9 Å². The molecule has 1 N–H and O–H groups in total. The minimum absolute atomic E-state index is 0.137. The smallest absolute Gasteiger partial charge is 0.407 e. The van der Waals surface area contributed by atoms with Crippen LogP contribution in [0.1, 0.15) is 70.4 Å². The number of hydrogen-bond donors (Lipinski definition) is 1. The molecule has 0 aromatic carbocycles. The zero-order valence-electron chi connectivity index (χ0n) is 18.6. The molecule has 3 rings (SSSR count). The highest BCUT2D eigenvalue weighted by atomic mass is 16.6. The van der Waals surface area contributed by atoms with Crippen molar-refractivity contribution in [3.8, 4) is 0 Å². The van der Waals surface area contributed by atoms with Gasteiger partial charge in [-0.05, 0) is 53.9 Å². The molecule has 168 valence electrons. The number of amides is 1. The fourth-order valence-corrected chi connectivity index (χ4v) is 4.06. The van der Waals surface area contributed by atoms with E-state index in [1.807, 2.05) is 20.8 Å². The number of alkyl carbamates (subject to hydrolysis) is 1. The van der Waals surface area contributed by atoms with Gasteiger partial charge in [0.15, 0.2) is 5.82 Å². The molecule has 2 fully saturated rings. The number of carbonyl (C=O) groups is 2. The van der Waals surface area contributed by atoms with Crippen LogP contribution in [0.4, 0.5) is 10.6 Å². The lowest BCUT2D eigenvalue weighted by Crippen LogP contribution is -2.44. The summed E-state index contributed by atoms with van der Waals surface area (Å²) < 4.78 is 18.0. The molecule has 1 saturated carbocycles. The SMILES string of the molecule is CCOC(=O)c1cc(N2CCOC[C@H]2C)nn1[C@@H]1CCC[C@@H]1NC(=O)OC(C)(C)C. The van der Waals surface area contributed by atoms with Crippen molar-refractivity contribution in [3.05, 3.63) is 11.8 Å². The minimum atomic E-state index is -0.570. The molecular formula is C21H34N4O5. The first-order chi connectivity index (χ1) is 14.2. The van der Waals surface area contributed by atoms with Crippen molar-refractivity contribution < 1.29 is 23.8 Å². The zero-order chi connectivity index (χ0) is 21.9. The van der Waals surface area contributed by atoms with Gasteiger partial charge in [-0.25, -0.2) is 9.59 Å². The molecule has 0 bridgehead atoms. The molecule has 2 heterocycles. The number of aromatic nitrogens is 2. The van der Waals surface area contributed by atoms with Crippen LogP contribution in [0.5, 0.6) is 0 Å². The van der Waals surface area contributed by atoms with E-state index < -0.39 is 17.7 Å². The molecule has 30 heavy (non-hydrogen) atoms. The summed E-state index contributed by atoms with van der Waals surface area (Å²) in [7, 11) is 0. The molecule has 9 nitrogen and oxygen atoms in total. The van der Waals surface area contributed by atoms with Crippen LogP contribution in [-0.4, -0.2) is 65.9 Å². The lowest BCUT2D eigenvalue weighted by Gasteiger charge is -2.33. The number of nitrogens with zero attached hydrogens (tertiary/aromatic N) is 3. The van der Waals surface area contributed by atoms with E-state index in [-0.39, 0.29) is 24.7 Å². The summed E-state index contributed by atoms with van der Waals surface area (Å²) >= 11 is 0. The third-order valence-electron chi connectivity index (χ3n) is 5.37. The van der Waals surface area contributed by atoms with Crippen LogP contribution in [0.25, 0.3) is 0 Å². The maximum Gasteiger partial charge on any atom is 0.407 e. The third-order valence-corrected chi connectivity index (χ3v) is 5.37. The van der Waals surface area contributed by atoms with Gasteiger partial charge in [-0.1, -0.05) is 0 Å². The van der Waals surface area contributed by atoms with Gasteiger partial charge in [0.25, 0.3) is 0 Å². The minimum Gasteiger partial charge on any atom is -0.461 e. The van der Waals surface area contributed by atoms with Crippen LogP contribution in [0.15, 0.2) is 6.07 Å². The average Bonchev–Trinajstić information content (AvgIpc) is 3.27. The highest BCUT2D eigenvalue weighted by Crippen LogP contribution is 2.33. The Bertz CT molecular complexity index is 757. The molecule has 2 aliphatic rings. The molecule has 0 spiro atoms. The van der Waals surface area contributed by atoms with E-state index in [0.717, 1.165) is 25.1 Å². The Morgan fingerprint density at radius 2 is 2.10 bits per heavy atom. The molecule has 0 radical (unpaired) electrons. The van der Waals surface area contributed by atoms with E-state index in [0.29, 0.717) is 25.5 Å². The summed E-state index contributed by atoms with van der Waals surface area (Å²) in [6.45, 7) is 11.6. The van der Waals surface area contributed by atoms with E-state index in [1.54, 1.807) is 17.7 Å². The van der Waals surface area contributed by atoms with Crippen molar-refractivity contribution in [2.24, 2.45) is 0 Å². The van der Waals surface area contributed by atoms with Crippen LogP contribution in [0.2, 0.25) is 0 Å². The monoisotopic (exact) mass is 422 g/mol. The molecule has 1 amide bonds. The van der Waals surface area contributed by atoms with Crippen molar-refractivity contribution >= 4 is 17.9 Å². The largest absolute Gasteiger partial charge is 0.461 e. The van der Waals surface area contributed by atoms with Gasteiger partial charge < -0.3 is 24.4 Å². The molecule has 1 aliphatic heterocycles. The number of rotatable bonds is 5. The van der Waals surface area contributed by atoms with Crippen molar-refractivity contribution in [2.45, 2.75) is 77.6 Å². The van der Waals surface area contributed by atoms with Crippen molar-refractivity contribution in [2.75, 3.05) is 31.3 Å². The number of esters is 1. The summed E-state index contributed by atoms with van der Waals surface area (Å²) in [5, 5.41) is 7.77. The molecule has 0 unspecified atom stereocenters. The second-order valence-corrected chi connectivity index (χ2v) is 8.92. The Labute approximate surface area is 178 Å². The Morgan fingerprint density at radius 3 is 2.77 bits per heavy atom. The number of nitrogens with one attached hydrogen (secondary N) is 1. The van der Waals surface area contributed by atoms with Crippen LogP contribution < -0.4 is 10.2 Å². The topological polar surface area (TPSA) is 94.9 Å². The predicted octanol–water partition coefficient (Wildman–Crippen LogP) is 2.90. The van der Waals surface area contributed by atoms with Gasteiger partial charge in [0, 0.05) is 12.6 Å². The van der Waals surface area contributed by atoms with Gasteiger partial charge in [-0.2, -0.15) is 5.10 Å². The maximum absolute atomic E-state index is 12.7. The van der Waals surface area contributed by atoms with Crippen molar-refractivity contribution in [1.82, 2.24) is 15.1 Å². The van der Waals surface area contributed by atoms with Crippen LogP contribution in [-0.2, 0) is 14.2 Å². The van der Waals surface area contributed by atoms with Crippen molar-refractivity contribution in [1.29, 1.82) is 0 Å². The number of carbonyl (C=O) groups excluding carboxylic acids is 2. The number of ether oxygens (including phenoxy) is 3. The number of hydrogen-bond acceptors (Lipinski definition) is 7. The van der Waals surface area contributed by atoms with Crippen LogP contribution in [0.3, 0.4) is 0 Å². The first-order valence-corrected chi connectivity index (χ1v) is 10.8. The average molecular weight is 423 g/mol. The third kappa shape index (κ3) is 5.24. The van der Waals surface area contributed by atoms with Crippen LogP contribution >= 0.6 is 0 Å². The summed E-state index contributed by atoms with van der Waals surface area (Å²) in [5.74, 6) is 0.330. The Kier molecular flexibility index (Phi) is 6.90. The van der Waals surface area contributed by atoms with E-state index >= 15 is 0 Å². The predicted molar refractivity (Wildman–Crippen MR) is 112 cm³/mol. The Balaban J connectivity index is 1.86. The lowest BCUT2D eigenvalue weighted by atomic mass is 10.1. The fourth-order valence-electron chi connectivity index (χ4n) is 4.06. The number of morpholine rings is 1. The molecule has 1 aromatic heterocycles. The second-order valence-electron chi connectivity index (χ2n) is 8.92. The van der Waals surface area contributed by atoms with E-state index in [4.69, 9.17) is 19.3 Å². The van der Waals surface area contributed by atoms with Crippen LogP contribution in [0, 0.1) is 0 Å². The number of anilines is 1. The first kappa shape index (κ1) is 22.4. The van der Waals surface area contributed by atoms with Gasteiger partial charge in [0.1, 0.15) is 11.3 Å². The molecule has 3 atom stereocenters. The normalized spacial score (nSPS) is 24.6. The first-order valence-electron chi connectivity index (χ1n) is 10.8. The maximum atomic E-state index is 12.7. The second kappa shape index (κ2) is 9.24. The summed E-state index contributed by atoms with van der Waals surface area (Å²) in [6.07, 6.45) is 2.09. The standard InChI is InChI=1S/C21H34N4O5/c1-6-29-19(26)17-12-18(24-10-11-28-13-14(24)2)23-25(17)16-9-7-8-15(16)22-20(27)30-21(3,4)5/h12,14-16H,6-11,13H2,1-5H3,(H,22,27)/t14-,15+,16-/m1/s1. The van der Waals surface area contributed by atoms with Gasteiger partial charge in [0.2, 0.25) is 0 Å². The van der Waals surface area contributed by atoms with Gasteiger partial charge >= 0.3 is 12.1 Å². The fraction of sp³-hybridized carbons (Fsp3) is 0.762. The summed E-state index contributed by atoms with van der Waals surface area (Å²) in [6, 6.07) is 1.66. The zero-order valence-corrected chi connectivity index (χ0v) is 18.6. The highest BCUT2D eigenvalue weighted by molar-refractivity contribution is 5.88. The molecule has 1 saturated heterocycles. The molecule has 1 aliphatic carbocycles. The van der Waals surface area contributed by atoms with Gasteiger partial charge in [-0.15, -0.1) is 0 Å². The van der Waals surface area contributed by atoms with Crippen molar-refractivity contribution in [3.63, 3.8) is 0 Å². The summed E-state index contributed by atoms with van der Waals surface area (Å²) in [5.41, 5.74) is -0.159. The molecule has 9 heteroatoms. The quantitative estimate of drug-likeness (QED) is 0.729. The summed E-state index contributed by atoms with van der Waals surface area (Å²) in [4.78, 5) is 27.2. The van der Waals surface area contributed by atoms with E-state index in [2.05, 4.69) is 17.1 Å². The van der Waals surface area contributed by atoms with E-state index in [9.17, 15) is 9.59 Å². The molecule has 1 aromatic rings. The Morgan fingerprint density at radius 1 is 1.33 bits per heavy atom. The molecular weight excluding hydrogens is 388 g/mol. The van der Waals surface area contributed by atoms with E-state index in [1.165, 1.54) is 0 Å². The lowest BCUT2D eigenvalue weighted by molar-refractivity contribution is 0.0489.